The van der Waals surface area contributed by atoms with Crippen molar-refractivity contribution in [2.45, 2.75) is 19.4 Å². The van der Waals surface area contributed by atoms with Crippen molar-refractivity contribution in [2.24, 2.45) is 11.8 Å². The minimum Gasteiger partial charge on any atom is -0.452 e. The van der Waals surface area contributed by atoms with Crippen molar-refractivity contribution in [1.82, 2.24) is 10.3 Å². The fourth-order valence-electron chi connectivity index (χ4n) is 3.72. The lowest BCUT2D eigenvalue weighted by Gasteiger charge is -2.38. The third kappa shape index (κ3) is 3.85. The highest BCUT2D eigenvalue weighted by Gasteiger charge is 2.42. The van der Waals surface area contributed by atoms with Crippen molar-refractivity contribution < 1.29 is 18.8 Å². The Morgan fingerprint density at radius 3 is 2.69 bits per heavy atom. The number of nitrogens with one attached hydrogen (secondary N) is 1. The summed E-state index contributed by atoms with van der Waals surface area (Å²) in [7, 11) is 1.68. The number of carbonyl (C=O) groups excluding carboxylic acids is 3. The number of hydrogen-bond donors (Lipinski definition) is 1. The number of allylic oxidation sites excluding steroid dienone is 2. The Morgan fingerprint density at radius 2 is 1.97 bits per heavy atom. The van der Waals surface area contributed by atoms with Crippen molar-refractivity contribution in [1.29, 1.82) is 0 Å². The molecule has 0 spiro atoms. The molecule has 8 heteroatoms. The quantitative estimate of drug-likeness (QED) is 0.714. The standard InChI is InChI=1S/C21H20BrN3O4/c1-24(12-15-9-10-18(22)29-15)20(27)13-5-4-6-14(11-13)25-21(28)17-8-3-2-7-16(17)19(26)23-25/h2-6,9-11,16-17H,7-8,12H2,1H3,(H,23,26). The normalized spacial score (nSPS) is 21.0. The van der Waals surface area contributed by atoms with E-state index >= 15 is 0 Å². The van der Waals surface area contributed by atoms with Crippen LogP contribution in [0.3, 0.4) is 0 Å². The number of carbonyl (C=O) groups is 3. The van der Waals surface area contributed by atoms with E-state index in [2.05, 4.69) is 21.4 Å². The molecule has 2 aliphatic rings. The maximum atomic E-state index is 12.9. The number of hydrogen-bond acceptors (Lipinski definition) is 4. The Morgan fingerprint density at radius 1 is 1.21 bits per heavy atom. The van der Waals surface area contributed by atoms with Gasteiger partial charge in [-0.1, -0.05) is 18.2 Å². The number of hydrazine groups is 1. The van der Waals surface area contributed by atoms with Crippen molar-refractivity contribution in [3.8, 4) is 0 Å². The number of amides is 3. The molecule has 1 aromatic carbocycles. The van der Waals surface area contributed by atoms with E-state index in [1.807, 2.05) is 12.2 Å². The van der Waals surface area contributed by atoms with Gasteiger partial charge in [0, 0.05) is 12.6 Å². The number of furan rings is 1. The van der Waals surface area contributed by atoms with Gasteiger partial charge < -0.3 is 9.32 Å². The molecule has 0 bridgehead atoms. The Kier molecular flexibility index (Phi) is 5.27. The van der Waals surface area contributed by atoms with Crippen LogP contribution in [-0.2, 0) is 16.1 Å². The summed E-state index contributed by atoms with van der Waals surface area (Å²) in [6, 6.07) is 10.3. The van der Waals surface area contributed by atoms with Crippen LogP contribution in [0.4, 0.5) is 5.69 Å². The number of nitrogens with zero attached hydrogens (tertiary/aromatic N) is 2. The zero-order valence-electron chi connectivity index (χ0n) is 15.8. The van der Waals surface area contributed by atoms with Gasteiger partial charge in [-0.15, -0.1) is 0 Å². The largest absolute Gasteiger partial charge is 0.452 e. The smallest absolute Gasteiger partial charge is 0.254 e. The van der Waals surface area contributed by atoms with E-state index in [4.69, 9.17) is 4.42 Å². The summed E-state index contributed by atoms with van der Waals surface area (Å²) in [5, 5.41) is 1.27. The van der Waals surface area contributed by atoms with Crippen LogP contribution in [0.15, 0.2) is 57.6 Å². The Bertz CT molecular complexity index is 999. The molecule has 2 unspecified atom stereocenters. The Labute approximate surface area is 176 Å². The Hall–Kier alpha value is -2.87. The second-order valence-electron chi connectivity index (χ2n) is 7.22. The topological polar surface area (TPSA) is 82.9 Å². The first-order chi connectivity index (χ1) is 13.9. The maximum absolute atomic E-state index is 12.9. The molecule has 3 amide bonds. The van der Waals surface area contributed by atoms with Gasteiger partial charge >= 0.3 is 0 Å². The fraction of sp³-hybridized carbons (Fsp3) is 0.286. The number of halogens is 1. The van der Waals surface area contributed by atoms with E-state index in [0.717, 1.165) is 0 Å². The summed E-state index contributed by atoms with van der Waals surface area (Å²) in [5.41, 5.74) is 3.57. The predicted octanol–water partition coefficient (Wildman–Crippen LogP) is 3.27. The third-order valence-electron chi connectivity index (χ3n) is 5.25. The molecule has 0 saturated carbocycles. The van der Waals surface area contributed by atoms with Gasteiger partial charge in [-0.3, -0.25) is 19.8 Å². The number of fused-ring (bicyclic) bond motifs is 1. The summed E-state index contributed by atoms with van der Waals surface area (Å²) < 4.78 is 6.05. The molecule has 2 heterocycles. The summed E-state index contributed by atoms with van der Waals surface area (Å²) in [4.78, 5) is 39.8. The minimum atomic E-state index is -0.367. The van der Waals surface area contributed by atoms with Crippen LogP contribution < -0.4 is 10.4 Å². The lowest BCUT2D eigenvalue weighted by molar-refractivity contribution is -0.139. The number of rotatable bonds is 4. The van der Waals surface area contributed by atoms with Gasteiger partial charge in [-0.25, -0.2) is 5.01 Å². The summed E-state index contributed by atoms with van der Waals surface area (Å²) in [5.74, 6) is -0.582. The molecule has 7 nitrogen and oxygen atoms in total. The van der Waals surface area contributed by atoms with E-state index in [1.165, 1.54) is 9.91 Å². The summed E-state index contributed by atoms with van der Waals surface area (Å²) in [6.07, 6.45) is 5.00. The van der Waals surface area contributed by atoms with E-state index in [0.29, 0.717) is 41.1 Å². The van der Waals surface area contributed by atoms with Crippen LogP contribution in [0.1, 0.15) is 29.0 Å². The lowest BCUT2D eigenvalue weighted by atomic mass is 9.80. The van der Waals surface area contributed by atoms with Gasteiger partial charge in [0.05, 0.1) is 24.1 Å². The van der Waals surface area contributed by atoms with Crippen molar-refractivity contribution in [2.75, 3.05) is 12.1 Å². The van der Waals surface area contributed by atoms with Crippen LogP contribution in [0.5, 0.6) is 0 Å². The molecule has 1 N–H and O–H groups in total. The molecular formula is C21H20BrN3O4. The lowest BCUT2D eigenvalue weighted by Crippen LogP contribution is -2.59. The first-order valence-corrected chi connectivity index (χ1v) is 10.1. The Balaban J connectivity index is 1.53. The molecule has 0 radical (unpaired) electrons. The van der Waals surface area contributed by atoms with E-state index in [-0.39, 0.29) is 29.6 Å². The molecule has 1 aliphatic heterocycles. The van der Waals surface area contributed by atoms with Crippen LogP contribution in [-0.4, -0.2) is 29.7 Å². The average molecular weight is 458 g/mol. The molecule has 29 heavy (non-hydrogen) atoms. The molecule has 150 valence electrons. The van der Waals surface area contributed by atoms with Gasteiger partial charge in [0.2, 0.25) is 11.8 Å². The third-order valence-corrected chi connectivity index (χ3v) is 5.67. The van der Waals surface area contributed by atoms with Gasteiger partial charge in [0.15, 0.2) is 4.67 Å². The highest BCUT2D eigenvalue weighted by molar-refractivity contribution is 9.10. The fourth-order valence-corrected chi connectivity index (χ4v) is 4.06. The maximum Gasteiger partial charge on any atom is 0.254 e. The van der Waals surface area contributed by atoms with Crippen molar-refractivity contribution in [3.63, 3.8) is 0 Å². The summed E-state index contributed by atoms with van der Waals surface area (Å²) in [6.45, 7) is 0.310. The molecule has 1 aromatic heterocycles. The van der Waals surface area contributed by atoms with Crippen LogP contribution >= 0.6 is 15.9 Å². The van der Waals surface area contributed by atoms with Crippen molar-refractivity contribution in [3.05, 3.63) is 64.5 Å². The number of anilines is 1. The zero-order valence-corrected chi connectivity index (χ0v) is 17.4. The molecule has 1 saturated heterocycles. The first-order valence-electron chi connectivity index (χ1n) is 9.33. The molecule has 2 aromatic rings. The predicted molar refractivity (Wildman–Crippen MR) is 110 cm³/mol. The SMILES string of the molecule is CN(Cc1ccc(Br)o1)C(=O)c1cccc(N2NC(=O)C3CC=CCC3C2=O)c1. The second kappa shape index (κ2) is 7.87. The van der Waals surface area contributed by atoms with Gasteiger partial charge in [0.25, 0.3) is 5.91 Å². The highest BCUT2D eigenvalue weighted by Crippen LogP contribution is 2.32. The average Bonchev–Trinajstić information content (AvgIpc) is 3.14. The van der Waals surface area contributed by atoms with E-state index in [9.17, 15) is 14.4 Å². The van der Waals surface area contributed by atoms with Crippen molar-refractivity contribution >= 4 is 39.3 Å². The van der Waals surface area contributed by atoms with Gasteiger partial charge in [0.1, 0.15) is 5.76 Å². The van der Waals surface area contributed by atoms with E-state index in [1.54, 1.807) is 43.4 Å². The zero-order chi connectivity index (χ0) is 20.5. The molecule has 1 fully saturated rings. The molecule has 2 atom stereocenters. The molecular weight excluding hydrogens is 438 g/mol. The monoisotopic (exact) mass is 457 g/mol. The highest BCUT2D eigenvalue weighted by atomic mass is 79.9. The van der Waals surface area contributed by atoms with E-state index < -0.39 is 0 Å². The van der Waals surface area contributed by atoms with Gasteiger partial charge in [-0.2, -0.15) is 0 Å². The number of benzene rings is 1. The second-order valence-corrected chi connectivity index (χ2v) is 8.00. The summed E-state index contributed by atoms with van der Waals surface area (Å²) >= 11 is 3.25. The molecule has 4 rings (SSSR count). The van der Waals surface area contributed by atoms with Crippen LogP contribution in [0, 0.1) is 11.8 Å². The van der Waals surface area contributed by atoms with Crippen LogP contribution in [0.25, 0.3) is 0 Å². The van der Waals surface area contributed by atoms with Crippen LogP contribution in [0.2, 0.25) is 0 Å². The molecule has 1 aliphatic carbocycles. The van der Waals surface area contributed by atoms with Gasteiger partial charge in [-0.05, 0) is 59.1 Å². The first kappa shape index (κ1) is 19.4. The minimum absolute atomic E-state index is 0.155.